The smallest absolute Gasteiger partial charge is 0.109 e. The number of pyridine rings is 2. The Kier molecular flexibility index (Phi) is 4.64. The minimum absolute atomic E-state index is 0.248. The zero-order chi connectivity index (χ0) is 18.9. The molecule has 1 fully saturated rings. The first-order valence-electron chi connectivity index (χ1n) is 9.48. The highest BCUT2D eigenvalue weighted by atomic mass is 32.1. The SMILES string of the molecule is CN1CCN(Cc2cccs2)CC1c1nnn2cc(-c3ccncc3)ccc12. The van der Waals surface area contributed by atoms with Crippen LogP contribution in [0, 0.1) is 0 Å². The van der Waals surface area contributed by atoms with Crippen molar-refractivity contribution in [3.63, 3.8) is 0 Å². The Morgan fingerprint density at radius 2 is 1.96 bits per heavy atom. The van der Waals surface area contributed by atoms with Crippen LogP contribution in [0.4, 0.5) is 0 Å². The van der Waals surface area contributed by atoms with Gasteiger partial charge in [-0.25, -0.2) is 4.52 Å². The second-order valence-corrected chi connectivity index (χ2v) is 8.30. The molecular weight excluding hydrogens is 368 g/mol. The Morgan fingerprint density at radius 1 is 1.07 bits per heavy atom. The molecule has 1 aliphatic heterocycles. The quantitative estimate of drug-likeness (QED) is 0.535. The van der Waals surface area contributed by atoms with Gasteiger partial charge in [-0.2, -0.15) is 0 Å². The lowest BCUT2D eigenvalue weighted by Crippen LogP contribution is -2.46. The molecular formula is C21H22N6S. The fourth-order valence-electron chi connectivity index (χ4n) is 3.86. The summed E-state index contributed by atoms with van der Waals surface area (Å²) in [7, 11) is 2.18. The van der Waals surface area contributed by atoms with Crippen LogP contribution < -0.4 is 0 Å². The van der Waals surface area contributed by atoms with E-state index in [0.717, 1.165) is 48.5 Å². The molecule has 28 heavy (non-hydrogen) atoms. The highest BCUT2D eigenvalue weighted by molar-refractivity contribution is 7.09. The van der Waals surface area contributed by atoms with Gasteiger partial charge in [-0.1, -0.05) is 17.3 Å². The number of likely N-dealkylation sites (N-methyl/N-ethyl adjacent to an activating group) is 1. The summed E-state index contributed by atoms with van der Waals surface area (Å²) in [4.78, 5) is 10.4. The second-order valence-electron chi connectivity index (χ2n) is 7.27. The Balaban J connectivity index is 1.43. The number of thiophene rings is 1. The molecule has 4 aromatic rings. The molecule has 0 aliphatic carbocycles. The largest absolute Gasteiger partial charge is 0.295 e. The van der Waals surface area contributed by atoms with Crippen molar-refractivity contribution in [3.05, 3.63) is 70.9 Å². The first-order chi connectivity index (χ1) is 13.8. The van der Waals surface area contributed by atoms with E-state index in [1.165, 1.54) is 4.88 Å². The lowest BCUT2D eigenvalue weighted by molar-refractivity contribution is 0.0896. The number of rotatable bonds is 4. The minimum atomic E-state index is 0.248. The summed E-state index contributed by atoms with van der Waals surface area (Å²) in [5, 5.41) is 11.1. The van der Waals surface area contributed by atoms with E-state index in [-0.39, 0.29) is 6.04 Å². The Bertz CT molecular complexity index is 1060. The van der Waals surface area contributed by atoms with E-state index in [9.17, 15) is 0 Å². The molecule has 0 N–H and O–H groups in total. The monoisotopic (exact) mass is 390 g/mol. The van der Waals surface area contributed by atoms with Gasteiger partial charge in [-0.15, -0.1) is 16.4 Å². The fourth-order valence-corrected chi connectivity index (χ4v) is 4.60. The molecule has 1 saturated heterocycles. The number of hydrogen-bond acceptors (Lipinski definition) is 6. The van der Waals surface area contributed by atoms with Gasteiger partial charge in [-0.3, -0.25) is 14.8 Å². The standard InChI is InChI=1S/C21H22N6S/c1-25-10-11-26(14-18-3-2-12-28-18)15-20(25)21-19-5-4-17(13-27(19)24-23-21)16-6-8-22-9-7-16/h2-9,12-13,20H,10-11,14-15H2,1H3. The van der Waals surface area contributed by atoms with Crippen LogP contribution in [0.5, 0.6) is 0 Å². The third-order valence-corrected chi connectivity index (χ3v) is 6.32. The summed E-state index contributed by atoms with van der Waals surface area (Å²) in [6.45, 7) is 4.09. The molecule has 6 nitrogen and oxygen atoms in total. The summed E-state index contributed by atoms with van der Waals surface area (Å²) in [5.74, 6) is 0. The zero-order valence-electron chi connectivity index (χ0n) is 15.8. The summed E-state index contributed by atoms with van der Waals surface area (Å²) < 4.78 is 1.90. The van der Waals surface area contributed by atoms with Gasteiger partial charge in [0.05, 0.1) is 11.6 Å². The summed E-state index contributed by atoms with van der Waals surface area (Å²) in [5.41, 5.74) is 4.38. The van der Waals surface area contributed by atoms with Crippen LogP contribution in [0.15, 0.2) is 60.4 Å². The average molecular weight is 391 g/mol. The average Bonchev–Trinajstić information content (AvgIpc) is 3.39. The van der Waals surface area contributed by atoms with Crippen molar-refractivity contribution in [2.24, 2.45) is 0 Å². The van der Waals surface area contributed by atoms with Gasteiger partial charge in [-0.05, 0) is 42.3 Å². The summed E-state index contributed by atoms with van der Waals surface area (Å²) in [6, 6.07) is 12.9. The molecule has 7 heteroatoms. The van der Waals surface area contributed by atoms with Gasteiger partial charge >= 0.3 is 0 Å². The number of hydrogen-bond donors (Lipinski definition) is 0. The minimum Gasteiger partial charge on any atom is -0.295 e. The lowest BCUT2D eigenvalue weighted by atomic mass is 10.1. The Hall–Kier alpha value is -2.61. The molecule has 0 aromatic carbocycles. The van der Waals surface area contributed by atoms with E-state index < -0.39 is 0 Å². The van der Waals surface area contributed by atoms with Crippen LogP contribution in [-0.4, -0.2) is 56.3 Å². The van der Waals surface area contributed by atoms with E-state index in [4.69, 9.17) is 0 Å². The fraction of sp³-hybridized carbons (Fsp3) is 0.286. The second kappa shape index (κ2) is 7.43. The predicted molar refractivity (Wildman–Crippen MR) is 111 cm³/mol. The molecule has 0 saturated carbocycles. The summed E-state index contributed by atoms with van der Waals surface area (Å²) >= 11 is 1.83. The van der Waals surface area contributed by atoms with E-state index in [2.05, 4.69) is 61.8 Å². The third-order valence-electron chi connectivity index (χ3n) is 5.46. The molecule has 0 spiro atoms. The number of fused-ring (bicyclic) bond motifs is 1. The third kappa shape index (κ3) is 3.32. The lowest BCUT2D eigenvalue weighted by Gasteiger charge is -2.38. The van der Waals surface area contributed by atoms with Crippen molar-refractivity contribution in [3.8, 4) is 11.1 Å². The molecule has 1 unspecified atom stereocenters. The normalized spacial score (nSPS) is 18.7. The number of piperazine rings is 1. The topological polar surface area (TPSA) is 49.6 Å². The van der Waals surface area contributed by atoms with Crippen molar-refractivity contribution in [2.45, 2.75) is 12.6 Å². The van der Waals surface area contributed by atoms with Crippen molar-refractivity contribution in [2.75, 3.05) is 26.7 Å². The van der Waals surface area contributed by atoms with Gasteiger partial charge in [0.25, 0.3) is 0 Å². The molecule has 0 radical (unpaired) electrons. The molecule has 0 bridgehead atoms. The molecule has 142 valence electrons. The van der Waals surface area contributed by atoms with Crippen LogP contribution in [0.25, 0.3) is 16.6 Å². The number of nitrogens with zero attached hydrogens (tertiary/aromatic N) is 6. The highest BCUT2D eigenvalue weighted by Crippen LogP contribution is 2.28. The van der Waals surface area contributed by atoms with Gasteiger partial charge < -0.3 is 0 Å². The van der Waals surface area contributed by atoms with Crippen molar-refractivity contribution >= 4 is 16.9 Å². The molecule has 0 amide bonds. The van der Waals surface area contributed by atoms with Crippen LogP contribution in [0.3, 0.4) is 0 Å². The predicted octanol–water partition coefficient (Wildman–Crippen LogP) is 3.34. The first kappa shape index (κ1) is 17.5. The van der Waals surface area contributed by atoms with Gasteiger partial charge in [0.15, 0.2) is 0 Å². The van der Waals surface area contributed by atoms with E-state index in [1.807, 2.05) is 46.6 Å². The van der Waals surface area contributed by atoms with Crippen molar-refractivity contribution in [1.82, 2.24) is 29.6 Å². The van der Waals surface area contributed by atoms with Gasteiger partial charge in [0.2, 0.25) is 0 Å². The van der Waals surface area contributed by atoms with E-state index >= 15 is 0 Å². The van der Waals surface area contributed by atoms with E-state index in [0.29, 0.717) is 0 Å². The molecule has 1 aliphatic rings. The Labute approximate surface area is 168 Å². The van der Waals surface area contributed by atoms with Crippen LogP contribution in [0.1, 0.15) is 16.6 Å². The van der Waals surface area contributed by atoms with Crippen LogP contribution in [0.2, 0.25) is 0 Å². The van der Waals surface area contributed by atoms with Crippen LogP contribution in [-0.2, 0) is 6.54 Å². The Morgan fingerprint density at radius 3 is 2.79 bits per heavy atom. The van der Waals surface area contributed by atoms with Crippen LogP contribution >= 0.6 is 11.3 Å². The summed E-state index contributed by atoms with van der Waals surface area (Å²) in [6.07, 6.45) is 5.67. The maximum Gasteiger partial charge on any atom is 0.109 e. The molecule has 5 rings (SSSR count). The molecule has 4 aromatic heterocycles. The zero-order valence-corrected chi connectivity index (χ0v) is 16.6. The maximum absolute atomic E-state index is 4.57. The van der Waals surface area contributed by atoms with E-state index in [1.54, 1.807) is 0 Å². The maximum atomic E-state index is 4.57. The van der Waals surface area contributed by atoms with Gasteiger partial charge in [0.1, 0.15) is 5.69 Å². The van der Waals surface area contributed by atoms with Gasteiger partial charge in [0, 0.05) is 55.2 Å². The number of aromatic nitrogens is 4. The first-order valence-corrected chi connectivity index (χ1v) is 10.4. The highest BCUT2D eigenvalue weighted by Gasteiger charge is 2.29. The molecule has 5 heterocycles. The molecule has 1 atom stereocenters. The van der Waals surface area contributed by atoms with Crippen molar-refractivity contribution < 1.29 is 0 Å². The van der Waals surface area contributed by atoms with Crippen molar-refractivity contribution in [1.29, 1.82) is 0 Å².